The number of hydrogen-bond donors (Lipinski definition) is 2. The van der Waals surface area contributed by atoms with E-state index in [0.717, 1.165) is 6.42 Å². The number of hydrogen-bond acceptors (Lipinski definition) is 4. The van der Waals surface area contributed by atoms with Crippen LogP contribution < -0.4 is 0 Å². The van der Waals surface area contributed by atoms with E-state index in [1.807, 2.05) is 0 Å². The van der Waals surface area contributed by atoms with Crippen LogP contribution in [-0.4, -0.2) is 48.8 Å². The van der Waals surface area contributed by atoms with E-state index < -0.39 is 6.10 Å². The van der Waals surface area contributed by atoms with Gasteiger partial charge in [-0.3, -0.25) is 0 Å². The monoisotopic (exact) mass is 188 g/mol. The van der Waals surface area contributed by atoms with E-state index in [2.05, 4.69) is 12.8 Å². The highest BCUT2D eigenvalue weighted by Gasteiger charge is 2.33. The van der Waals surface area contributed by atoms with Crippen LogP contribution >= 0.6 is 0 Å². The van der Waals surface area contributed by atoms with Crippen molar-refractivity contribution in [1.29, 1.82) is 0 Å². The minimum absolute atomic E-state index is 0.0721. The zero-order valence-electron chi connectivity index (χ0n) is 7.72. The van der Waals surface area contributed by atoms with Crippen LogP contribution in [0, 0.1) is 12.8 Å². The van der Waals surface area contributed by atoms with Gasteiger partial charge >= 0.3 is 0 Å². The fourth-order valence-electron chi connectivity index (χ4n) is 1.31. The molecule has 1 saturated heterocycles. The summed E-state index contributed by atoms with van der Waals surface area (Å²) in [6, 6.07) is 0. The van der Waals surface area contributed by atoms with Crippen molar-refractivity contribution in [1.82, 2.24) is 0 Å². The molecule has 13 heavy (non-hydrogen) atoms. The van der Waals surface area contributed by atoms with Gasteiger partial charge in [-0.2, -0.15) is 0 Å². The van der Waals surface area contributed by atoms with Gasteiger partial charge in [-0.25, -0.2) is 0 Å². The van der Waals surface area contributed by atoms with Crippen LogP contribution in [0.25, 0.3) is 0 Å². The lowest BCUT2D eigenvalue weighted by atomic mass is 10.1. The SMILES string of the molecule is C#C.COC1CCOC1C(O)CO. The summed E-state index contributed by atoms with van der Waals surface area (Å²) in [7, 11) is 1.58. The molecule has 0 amide bonds. The van der Waals surface area contributed by atoms with E-state index in [1.54, 1.807) is 7.11 Å². The van der Waals surface area contributed by atoms with Crippen LogP contribution in [0.1, 0.15) is 6.42 Å². The van der Waals surface area contributed by atoms with Crippen molar-refractivity contribution in [2.75, 3.05) is 20.3 Å². The molecule has 2 N–H and O–H groups in total. The molecule has 76 valence electrons. The van der Waals surface area contributed by atoms with Gasteiger partial charge < -0.3 is 19.7 Å². The number of rotatable bonds is 3. The summed E-state index contributed by atoms with van der Waals surface area (Å²) < 4.78 is 10.2. The van der Waals surface area contributed by atoms with Crippen LogP contribution in [0.3, 0.4) is 0 Å². The van der Waals surface area contributed by atoms with E-state index in [0.29, 0.717) is 6.61 Å². The average molecular weight is 188 g/mol. The second kappa shape index (κ2) is 6.87. The molecule has 1 heterocycles. The second-order valence-corrected chi connectivity index (χ2v) is 2.65. The molecule has 4 nitrogen and oxygen atoms in total. The fraction of sp³-hybridized carbons (Fsp3) is 0.778. The molecule has 1 aliphatic heterocycles. The molecule has 0 saturated carbocycles. The first-order chi connectivity index (χ1) is 6.29. The van der Waals surface area contributed by atoms with Gasteiger partial charge in [0.1, 0.15) is 12.2 Å². The summed E-state index contributed by atoms with van der Waals surface area (Å²) in [6.45, 7) is 0.324. The first-order valence-corrected chi connectivity index (χ1v) is 4.06. The van der Waals surface area contributed by atoms with Crippen molar-refractivity contribution in [2.45, 2.75) is 24.7 Å². The summed E-state index contributed by atoms with van der Waals surface area (Å²) >= 11 is 0. The molecule has 1 aliphatic rings. The molecular weight excluding hydrogens is 172 g/mol. The molecule has 0 aromatic heterocycles. The number of methoxy groups -OCH3 is 1. The van der Waals surface area contributed by atoms with E-state index >= 15 is 0 Å². The number of aliphatic hydroxyl groups is 2. The van der Waals surface area contributed by atoms with Crippen molar-refractivity contribution in [2.24, 2.45) is 0 Å². The first-order valence-electron chi connectivity index (χ1n) is 4.06. The van der Waals surface area contributed by atoms with Crippen LogP contribution in [0.2, 0.25) is 0 Å². The molecule has 1 rings (SSSR count). The second-order valence-electron chi connectivity index (χ2n) is 2.65. The third-order valence-electron chi connectivity index (χ3n) is 1.95. The molecule has 1 fully saturated rings. The summed E-state index contributed by atoms with van der Waals surface area (Å²) in [6.07, 6.45) is 7.54. The molecule has 0 aromatic carbocycles. The lowest BCUT2D eigenvalue weighted by Gasteiger charge is -2.20. The summed E-state index contributed by atoms with van der Waals surface area (Å²) in [5, 5.41) is 17.8. The number of aliphatic hydroxyl groups excluding tert-OH is 2. The van der Waals surface area contributed by atoms with Gasteiger partial charge in [-0.1, -0.05) is 0 Å². The first kappa shape index (κ1) is 12.4. The summed E-state index contributed by atoms with van der Waals surface area (Å²) in [4.78, 5) is 0. The normalized spacial score (nSPS) is 29.0. The van der Waals surface area contributed by atoms with Gasteiger partial charge in [0.2, 0.25) is 0 Å². The van der Waals surface area contributed by atoms with E-state index in [9.17, 15) is 5.11 Å². The predicted octanol–water partition coefficient (Wildman–Crippen LogP) is -0.607. The van der Waals surface area contributed by atoms with Crippen LogP contribution in [-0.2, 0) is 9.47 Å². The Kier molecular flexibility index (Phi) is 6.55. The van der Waals surface area contributed by atoms with Gasteiger partial charge in [-0.05, 0) is 6.42 Å². The molecule has 3 atom stereocenters. The Morgan fingerprint density at radius 2 is 2.23 bits per heavy atom. The summed E-state index contributed by atoms with van der Waals surface area (Å²) in [5.41, 5.74) is 0. The molecule has 0 spiro atoms. The molecule has 0 radical (unpaired) electrons. The minimum Gasteiger partial charge on any atom is -0.394 e. The van der Waals surface area contributed by atoms with Gasteiger partial charge in [-0.15, -0.1) is 12.8 Å². The van der Waals surface area contributed by atoms with Crippen molar-refractivity contribution >= 4 is 0 Å². The standard InChI is InChI=1S/C7H14O4.C2H2/c1-10-6-2-3-11-7(6)5(9)4-8;1-2/h5-9H,2-4H2,1H3;1-2H. The lowest BCUT2D eigenvalue weighted by molar-refractivity contribution is -0.0743. The average Bonchev–Trinajstić information content (AvgIpc) is 2.67. The Hall–Kier alpha value is -0.600. The van der Waals surface area contributed by atoms with Crippen LogP contribution in [0.4, 0.5) is 0 Å². The molecule has 0 aliphatic carbocycles. The maximum Gasteiger partial charge on any atom is 0.112 e. The van der Waals surface area contributed by atoms with Crippen LogP contribution in [0.5, 0.6) is 0 Å². The highest BCUT2D eigenvalue weighted by molar-refractivity contribution is 4.82. The Bertz CT molecular complexity index is 146. The lowest BCUT2D eigenvalue weighted by Crippen LogP contribution is -2.37. The highest BCUT2D eigenvalue weighted by atomic mass is 16.6. The molecular formula is C9H16O4. The van der Waals surface area contributed by atoms with Crippen molar-refractivity contribution in [3.8, 4) is 12.8 Å². The maximum absolute atomic E-state index is 9.20. The highest BCUT2D eigenvalue weighted by Crippen LogP contribution is 2.18. The van der Waals surface area contributed by atoms with Gasteiger partial charge in [0.05, 0.1) is 12.7 Å². The number of terminal acetylenes is 1. The zero-order valence-corrected chi connectivity index (χ0v) is 7.72. The Labute approximate surface area is 78.5 Å². The molecule has 0 aromatic rings. The third kappa shape index (κ3) is 3.33. The fourth-order valence-corrected chi connectivity index (χ4v) is 1.31. The molecule has 0 bridgehead atoms. The van der Waals surface area contributed by atoms with E-state index in [-0.39, 0.29) is 18.8 Å². The molecule has 4 heteroatoms. The maximum atomic E-state index is 9.20. The van der Waals surface area contributed by atoms with Gasteiger partial charge in [0.15, 0.2) is 0 Å². The third-order valence-corrected chi connectivity index (χ3v) is 1.95. The van der Waals surface area contributed by atoms with Crippen molar-refractivity contribution in [3.05, 3.63) is 0 Å². The van der Waals surface area contributed by atoms with E-state index in [1.165, 1.54) is 0 Å². The van der Waals surface area contributed by atoms with Gasteiger partial charge in [0, 0.05) is 13.7 Å². The number of ether oxygens (including phenoxy) is 2. The van der Waals surface area contributed by atoms with E-state index in [4.69, 9.17) is 14.6 Å². The Morgan fingerprint density at radius 1 is 1.62 bits per heavy atom. The van der Waals surface area contributed by atoms with Crippen molar-refractivity contribution < 1.29 is 19.7 Å². The summed E-state index contributed by atoms with van der Waals surface area (Å²) in [5.74, 6) is 0. The minimum atomic E-state index is -0.817. The smallest absolute Gasteiger partial charge is 0.112 e. The Balaban J connectivity index is 0.000000671. The van der Waals surface area contributed by atoms with Gasteiger partial charge in [0.25, 0.3) is 0 Å². The topological polar surface area (TPSA) is 58.9 Å². The van der Waals surface area contributed by atoms with Crippen LogP contribution in [0.15, 0.2) is 0 Å². The quantitative estimate of drug-likeness (QED) is 0.580. The molecule has 3 unspecified atom stereocenters. The van der Waals surface area contributed by atoms with Crippen molar-refractivity contribution in [3.63, 3.8) is 0 Å². The zero-order chi connectivity index (χ0) is 10.3. The Morgan fingerprint density at radius 3 is 2.69 bits per heavy atom. The largest absolute Gasteiger partial charge is 0.394 e. The predicted molar refractivity (Wildman–Crippen MR) is 48.1 cm³/mol.